The average molecular weight is 454 g/mol. The summed E-state index contributed by atoms with van der Waals surface area (Å²) >= 11 is 5.75. The maximum Gasteiger partial charge on any atom is 0.301 e. The Labute approximate surface area is 176 Å². The van der Waals surface area contributed by atoms with Gasteiger partial charge in [-0.25, -0.2) is 4.39 Å². The fraction of sp³-hybridized carbons (Fsp3) is 0.222. The Morgan fingerprint density at radius 3 is 2.60 bits per heavy atom. The molecular weight excluding hydrogens is 437 g/mol. The zero-order valence-electron chi connectivity index (χ0n) is 15.6. The van der Waals surface area contributed by atoms with Crippen LogP contribution in [0.15, 0.2) is 36.4 Å². The first-order valence-electron chi connectivity index (χ1n) is 8.83. The molecule has 2 aromatic carbocycles. The van der Waals surface area contributed by atoms with Gasteiger partial charge in [0.2, 0.25) is 0 Å². The number of fused-ring (bicyclic) bond motifs is 1. The van der Waals surface area contributed by atoms with E-state index in [-0.39, 0.29) is 29.5 Å². The van der Waals surface area contributed by atoms with Crippen LogP contribution in [0.2, 0.25) is 5.02 Å². The monoisotopic (exact) mass is 453 g/mol. The predicted molar refractivity (Wildman–Crippen MR) is 110 cm³/mol. The standard InChI is InChI=1S/C18H17ClFN5O4S/c1-24-17(18(27)21-10-3-5-15(20)14(19)6-10)13-4-2-11(7-16(13)22-24)23-30(28,29)25-8-12(26)9-25/h2-7,12,23,26H,8-9H2,1H3,(H,21,27). The zero-order valence-corrected chi connectivity index (χ0v) is 17.2. The minimum Gasteiger partial charge on any atom is -0.390 e. The van der Waals surface area contributed by atoms with Crippen molar-refractivity contribution in [1.82, 2.24) is 14.1 Å². The number of aryl methyl sites for hydroxylation is 1. The number of aliphatic hydroxyl groups is 1. The predicted octanol–water partition coefficient (Wildman–Crippen LogP) is 1.95. The van der Waals surface area contributed by atoms with Gasteiger partial charge in [0.15, 0.2) is 0 Å². The van der Waals surface area contributed by atoms with Gasteiger partial charge in [0.1, 0.15) is 11.5 Å². The number of hydrogen-bond acceptors (Lipinski definition) is 5. The van der Waals surface area contributed by atoms with Crippen molar-refractivity contribution in [3.8, 4) is 0 Å². The van der Waals surface area contributed by atoms with E-state index in [1.54, 1.807) is 13.1 Å². The van der Waals surface area contributed by atoms with Gasteiger partial charge in [0.05, 0.1) is 22.3 Å². The van der Waals surface area contributed by atoms with E-state index in [1.165, 1.54) is 28.9 Å². The van der Waals surface area contributed by atoms with Gasteiger partial charge >= 0.3 is 10.2 Å². The Balaban J connectivity index is 1.58. The van der Waals surface area contributed by atoms with E-state index >= 15 is 0 Å². The van der Waals surface area contributed by atoms with Gasteiger partial charge in [-0.3, -0.25) is 14.2 Å². The molecule has 3 aromatic rings. The molecule has 158 valence electrons. The summed E-state index contributed by atoms with van der Waals surface area (Å²) in [6, 6.07) is 8.44. The summed E-state index contributed by atoms with van der Waals surface area (Å²) in [5.41, 5.74) is 1.25. The maximum atomic E-state index is 13.3. The summed E-state index contributed by atoms with van der Waals surface area (Å²) in [6.07, 6.45) is -0.656. The lowest BCUT2D eigenvalue weighted by molar-refractivity contribution is 0.0552. The van der Waals surface area contributed by atoms with E-state index in [1.807, 2.05) is 0 Å². The molecule has 4 rings (SSSR count). The molecule has 12 heteroatoms. The molecule has 1 fully saturated rings. The van der Waals surface area contributed by atoms with E-state index in [2.05, 4.69) is 15.1 Å². The molecule has 0 spiro atoms. The highest BCUT2D eigenvalue weighted by Crippen LogP contribution is 2.25. The summed E-state index contributed by atoms with van der Waals surface area (Å²) < 4.78 is 42.8. The number of anilines is 2. The molecule has 1 amide bonds. The zero-order chi connectivity index (χ0) is 21.6. The molecule has 2 heterocycles. The normalized spacial score (nSPS) is 15.2. The quantitative estimate of drug-likeness (QED) is 0.546. The topological polar surface area (TPSA) is 117 Å². The Hall–Kier alpha value is -2.73. The third kappa shape index (κ3) is 3.84. The fourth-order valence-corrected chi connectivity index (χ4v) is 4.59. The summed E-state index contributed by atoms with van der Waals surface area (Å²) in [5.74, 6) is -1.08. The number of nitrogens with one attached hydrogen (secondary N) is 2. The molecule has 3 N–H and O–H groups in total. The van der Waals surface area contributed by atoms with Gasteiger partial charge in [0, 0.05) is 31.2 Å². The number of aromatic nitrogens is 2. The summed E-state index contributed by atoms with van der Waals surface area (Å²) in [5, 5.41) is 16.6. The molecule has 0 saturated carbocycles. The number of rotatable bonds is 5. The molecule has 0 bridgehead atoms. The van der Waals surface area contributed by atoms with Crippen molar-refractivity contribution in [3.05, 3.63) is 52.9 Å². The van der Waals surface area contributed by atoms with Crippen LogP contribution >= 0.6 is 11.6 Å². The molecule has 0 aliphatic carbocycles. The number of carbonyl (C=O) groups is 1. The van der Waals surface area contributed by atoms with E-state index in [4.69, 9.17) is 11.6 Å². The van der Waals surface area contributed by atoms with Gasteiger partial charge in [0.25, 0.3) is 5.91 Å². The van der Waals surface area contributed by atoms with Crippen LogP contribution in [0.5, 0.6) is 0 Å². The highest BCUT2D eigenvalue weighted by molar-refractivity contribution is 7.90. The van der Waals surface area contributed by atoms with E-state index in [0.29, 0.717) is 16.6 Å². The molecular formula is C18H17ClFN5O4S. The van der Waals surface area contributed by atoms with Gasteiger partial charge < -0.3 is 10.4 Å². The van der Waals surface area contributed by atoms with Crippen molar-refractivity contribution < 1.29 is 22.7 Å². The first kappa shape index (κ1) is 20.5. The molecule has 0 radical (unpaired) electrons. The Bertz CT molecular complexity index is 1260. The van der Waals surface area contributed by atoms with Crippen LogP contribution < -0.4 is 10.0 Å². The first-order valence-corrected chi connectivity index (χ1v) is 10.6. The number of hydrogen-bond donors (Lipinski definition) is 3. The minimum atomic E-state index is -3.78. The molecule has 0 unspecified atom stereocenters. The largest absolute Gasteiger partial charge is 0.390 e. The van der Waals surface area contributed by atoms with Gasteiger partial charge in [-0.2, -0.15) is 17.8 Å². The van der Waals surface area contributed by atoms with Crippen molar-refractivity contribution in [2.24, 2.45) is 7.05 Å². The first-order chi connectivity index (χ1) is 14.1. The number of β-amino-alcohol motifs (C(OH)–C–C–N with tert-alkyl or cyclic N) is 1. The second-order valence-corrected chi connectivity index (χ2v) is 8.94. The molecule has 1 aliphatic rings. The van der Waals surface area contributed by atoms with Crippen molar-refractivity contribution in [2.45, 2.75) is 6.10 Å². The van der Waals surface area contributed by atoms with Crippen LogP contribution in [0.1, 0.15) is 10.5 Å². The molecule has 1 aromatic heterocycles. The third-order valence-corrected chi connectivity index (χ3v) is 6.40. The second-order valence-electron chi connectivity index (χ2n) is 6.87. The smallest absolute Gasteiger partial charge is 0.301 e. The van der Waals surface area contributed by atoms with Crippen LogP contribution in [0.25, 0.3) is 10.9 Å². The number of nitrogens with zero attached hydrogens (tertiary/aromatic N) is 3. The maximum absolute atomic E-state index is 13.3. The van der Waals surface area contributed by atoms with Crippen LogP contribution in [-0.4, -0.2) is 52.7 Å². The minimum absolute atomic E-state index is 0.0406. The van der Waals surface area contributed by atoms with Crippen LogP contribution in [0, 0.1) is 5.82 Å². The number of benzene rings is 2. The SMILES string of the molecule is Cn1nc2cc(NS(=O)(=O)N3CC(O)C3)ccc2c1C(=O)Nc1ccc(F)c(Cl)c1. The van der Waals surface area contributed by atoms with Gasteiger partial charge in [-0.1, -0.05) is 11.6 Å². The average Bonchev–Trinajstić information content (AvgIpc) is 2.96. The number of halogens is 2. The fourth-order valence-electron chi connectivity index (χ4n) is 3.12. The Kier molecular flexibility index (Phi) is 5.14. The van der Waals surface area contributed by atoms with Crippen LogP contribution in [0.4, 0.5) is 15.8 Å². The van der Waals surface area contributed by atoms with E-state index in [0.717, 1.165) is 10.4 Å². The second kappa shape index (κ2) is 7.51. The van der Waals surface area contributed by atoms with Crippen molar-refractivity contribution in [1.29, 1.82) is 0 Å². The van der Waals surface area contributed by atoms with Crippen LogP contribution in [0.3, 0.4) is 0 Å². The van der Waals surface area contributed by atoms with Gasteiger partial charge in [-0.05, 0) is 36.4 Å². The number of carbonyl (C=O) groups excluding carboxylic acids is 1. The lowest BCUT2D eigenvalue weighted by atomic mass is 10.2. The molecule has 9 nitrogen and oxygen atoms in total. The lowest BCUT2D eigenvalue weighted by Crippen LogP contribution is -2.55. The molecule has 0 atom stereocenters. The summed E-state index contributed by atoms with van der Waals surface area (Å²) in [4.78, 5) is 12.7. The number of amides is 1. The van der Waals surface area contributed by atoms with Crippen molar-refractivity contribution in [3.63, 3.8) is 0 Å². The Morgan fingerprint density at radius 1 is 1.23 bits per heavy atom. The highest BCUT2D eigenvalue weighted by Gasteiger charge is 2.34. The van der Waals surface area contributed by atoms with Crippen LogP contribution in [-0.2, 0) is 17.3 Å². The molecule has 30 heavy (non-hydrogen) atoms. The molecule has 1 aliphatic heterocycles. The van der Waals surface area contributed by atoms with E-state index < -0.39 is 28.0 Å². The summed E-state index contributed by atoms with van der Waals surface area (Å²) in [7, 11) is -2.20. The van der Waals surface area contributed by atoms with Crippen molar-refractivity contribution in [2.75, 3.05) is 23.1 Å². The summed E-state index contributed by atoms with van der Waals surface area (Å²) in [6.45, 7) is 0.0811. The Morgan fingerprint density at radius 2 is 1.93 bits per heavy atom. The highest BCUT2D eigenvalue weighted by atomic mass is 35.5. The lowest BCUT2D eigenvalue weighted by Gasteiger charge is -2.34. The van der Waals surface area contributed by atoms with Gasteiger partial charge in [-0.15, -0.1) is 0 Å². The van der Waals surface area contributed by atoms with E-state index in [9.17, 15) is 22.7 Å². The third-order valence-electron chi connectivity index (χ3n) is 4.64. The van der Waals surface area contributed by atoms with Crippen molar-refractivity contribution >= 4 is 50.0 Å². The number of aliphatic hydroxyl groups excluding tert-OH is 1. The molecule has 1 saturated heterocycles.